The summed E-state index contributed by atoms with van der Waals surface area (Å²) in [6.07, 6.45) is 3.47. The molecule has 0 saturated carbocycles. The molecule has 0 aromatic carbocycles. The molecule has 0 fully saturated rings. The van der Waals surface area contributed by atoms with Gasteiger partial charge in [-0.05, 0) is 0 Å². The van der Waals surface area contributed by atoms with Gasteiger partial charge in [0.1, 0.15) is 5.82 Å². The number of rotatable bonds is 2. The molecule has 0 unspecified atom stereocenters. The Morgan fingerprint density at radius 1 is 1.53 bits per heavy atom. The first kappa shape index (κ1) is 10.1. The highest BCUT2D eigenvalue weighted by molar-refractivity contribution is 7.89. The fourth-order valence-corrected chi connectivity index (χ4v) is 2.58. The van der Waals surface area contributed by atoms with Crippen molar-refractivity contribution in [3.05, 3.63) is 18.2 Å². The van der Waals surface area contributed by atoms with E-state index in [2.05, 4.69) is 4.98 Å². The van der Waals surface area contributed by atoms with Crippen LogP contribution in [0.2, 0.25) is 0 Å². The Labute approximate surface area is 87.8 Å². The van der Waals surface area contributed by atoms with Gasteiger partial charge in [-0.25, -0.2) is 13.4 Å². The molecule has 7 heteroatoms. The molecule has 0 amide bonds. The van der Waals surface area contributed by atoms with E-state index >= 15 is 0 Å². The monoisotopic (exact) mass is 226 g/mol. The number of imidazole rings is 1. The molecule has 15 heavy (non-hydrogen) atoms. The zero-order valence-electron chi connectivity index (χ0n) is 8.00. The van der Waals surface area contributed by atoms with Crippen molar-refractivity contribution in [1.29, 1.82) is 5.26 Å². The predicted octanol–water partition coefficient (Wildman–Crippen LogP) is -0.448. The molecule has 0 saturated heterocycles. The fraction of sp³-hybridized carbons (Fsp3) is 0.500. The highest BCUT2D eigenvalue weighted by atomic mass is 32.2. The van der Waals surface area contributed by atoms with Gasteiger partial charge in [-0.15, -0.1) is 0 Å². The quantitative estimate of drug-likeness (QED) is 0.684. The summed E-state index contributed by atoms with van der Waals surface area (Å²) in [4.78, 5) is 4.05. The molecule has 0 N–H and O–H groups in total. The number of aromatic nitrogens is 2. The molecule has 0 radical (unpaired) electrons. The van der Waals surface area contributed by atoms with Crippen LogP contribution in [0.4, 0.5) is 0 Å². The third-order valence-electron chi connectivity index (χ3n) is 2.35. The van der Waals surface area contributed by atoms with Crippen LogP contribution in [0.3, 0.4) is 0 Å². The van der Waals surface area contributed by atoms with Gasteiger partial charge in [-0.3, -0.25) is 0 Å². The highest BCUT2D eigenvalue weighted by Gasteiger charge is 2.26. The molecule has 80 valence electrons. The van der Waals surface area contributed by atoms with E-state index in [0.29, 0.717) is 13.1 Å². The lowest BCUT2D eigenvalue weighted by atomic mass is 10.4. The second kappa shape index (κ2) is 3.64. The lowest BCUT2D eigenvalue weighted by molar-refractivity contribution is 0.336. The molecular weight excluding hydrogens is 216 g/mol. The van der Waals surface area contributed by atoms with Crippen molar-refractivity contribution < 1.29 is 8.42 Å². The van der Waals surface area contributed by atoms with Crippen molar-refractivity contribution in [3.63, 3.8) is 0 Å². The zero-order valence-corrected chi connectivity index (χ0v) is 8.81. The van der Waals surface area contributed by atoms with Crippen LogP contribution in [0.15, 0.2) is 12.4 Å². The van der Waals surface area contributed by atoms with Crippen LogP contribution >= 0.6 is 0 Å². The van der Waals surface area contributed by atoms with Crippen molar-refractivity contribution in [3.8, 4) is 6.07 Å². The topological polar surface area (TPSA) is 79.0 Å². The standard InChI is InChI=1S/C8H10N4O2S/c9-1-6-15(13,14)12-5-4-11-3-2-10-8(11)7-12/h2-3H,4-7H2. The smallest absolute Gasteiger partial charge is 0.228 e. The van der Waals surface area contributed by atoms with E-state index < -0.39 is 15.8 Å². The molecule has 2 rings (SSSR count). The maximum Gasteiger partial charge on any atom is 0.228 e. The Morgan fingerprint density at radius 2 is 2.33 bits per heavy atom. The summed E-state index contributed by atoms with van der Waals surface area (Å²) in [6.45, 7) is 1.27. The molecule has 6 nitrogen and oxygen atoms in total. The molecular formula is C8H10N4O2S. The minimum Gasteiger partial charge on any atom is -0.333 e. The first-order valence-corrected chi connectivity index (χ1v) is 6.09. The highest BCUT2D eigenvalue weighted by Crippen LogP contribution is 2.13. The molecule has 1 aromatic heterocycles. The lowest BCUT2D eigenvalue weighted by Gasteiger charge is -2.25. The van der Waals surface area contributed by atoms with Crippen molar-refractivity contribution in [2.24, 2.45) is 0 Å². The minimum absolute atomic E-state index is 0.261. The van der Waals surface area contributed by atoms with Gasteiger partial charge in [0, 0.05) is 25.5 Å². The Kier molecular flexibility index (Phi) is 2.46. The van der Waals surface area contributed by atoms with E-state index in [-0.39, 0.29) is 6.54 Å². The zero-order chi connectivity index (χ0) is 10.9. The Balaban J connectivity index is 2.21. The summed E-state index contributed by atoms with van der Waals surface area (Å²) in [5.41, 5.74) is 0. The Hall–Kier alpha value is -1.39. The molecule has 1 aliphatic rings. The summed E-state index contributed by atoms with van der Waals surface area (Å²) < 4.78 is 26.4. The summed E-state index contributed by atoms with van der Waals surface area (Å²) in [5.74, 6) is 0.260. The molecule has 0 aliphatic carbocycles. The first-order valence-electron chi connectivity index (χ1n) is 4.48. The number of hydrogen-bond acceptors (Lipinski definition) is 4. The summed E-state index contributed by atoms with van der Waals surface area (Å²) in [6, 6.07) is 1.67. The summed E-state index contributed by atoms with van der Waals surface area (Å²) in [5, 5.41) is 8.41. The van der Waals surface area contributed by atoms with Gasteiger partial charge in [0.05, 0.1) is 12.6 Å². The molecule has 0 bridgehead atoms. The van der Waals surface area contributed by atoms with E-state index in [1.807, 2.05) is 10.8 Å². The number of nitrogens with zero attached hydrogens (tertiary/aromatic N) is 4. The maximum atomic E-state index is 11.6. The molecule has 0 spiro atoms. The number of sulfonamides is 1. The number of fused-ring (bicyclic) bond motifs is 1. The molecule has 0 atom stereocenters. The van der Waals surface area contributed by atoms with E-state index in [4.69, 9.17) is 5.26 Å². The second-order valence-corrected chi connectivity index (χ2v) is 5.25. The van der Waals surface area contributed by atoms with Gasteiger partial charge < -0.3 is 4.57 Å². The van der Waals surface area contributed by atoms with E-state index in [9.17, 15) is 8.42 Å². The van der Waals surface area contributed by atoms with Crippen LogP contribution < -0.4 is 0 Å². The predicted molar refractivity (Wildman–Crippen MR) is 52.0 cm³/mol. The van der Waals surface area contributed by atoms with Gasteiger partial charge in [0.15, 0.2) is 5.75 Å². The maximum absolute atomic E-state index is 11.6. The molecule has 2 heterocycles. The van der Waals surface area contributed by atoms with Gasteiger partial charge in [-0.2, -0.15) is 9.57 Å². The number of nitriles is 1. The van der Waals surface area contributed by atoms with Crippen molar-refractivity contribution in [1.82, 2.24) is 13.9 Å². The van der Waals surface area contributed by atoms with Crippen LogP contribution in [0.5, 0.6) is 0 Å². The Bertz CT molecular complexity index is 499. The number of hydrogen-bond donors (Lipinski definition) is 0. The third-order valence-corrected chi connectivity index (χ3v) is 3.94. The summed E-state index contributed by atoms with van der Waals surface area (Å²) >= 11 is 0. The van der Waals surface area contributed by atoms with E-state index in [1.165, 1.54) is 4.31 Å². The third kappa shape index (κ3) is 1.86. The van der Waals surface area contributed by atoms with Gasteiger partial charge in [0.2, 0.25) is 10.0 Å². The lowest BCUT2D eigenvalue weighted by Crippen LogP contribution is -2.39. The van der Waals surface area contributed by atoms with Crippen LogP contribution in [-0.2, 0) is 23.1 Å². The fourth-order valence-electron chi connectivity index (χ4n) is 1.56. The first-order chi connectivity index (χ1) is 7.13. The largest absolute Gasteiger partial charge is 0.333 e. The average Bonchev–Trinajstić information content (AvgIpc) is 2.63. The average molecular weight is 226 g/mol. The van der Waals surface area contributed by atoms with Crippen LogP contribution in [-0.4, -0.2) is 34.6 Å². The Morgan fingerprint density at radius 3 is 3.07 bits per heavy atom. The van der Waals surface area contributed by atoms with Gasteiger partial charge in [-0.1, -0.05) is 0 Å². The minimum atomic E-state index is -3.44. The SMILES string of the molecule is N#CCS(=O)(=O)N1CCn2ccnc2C1. The van der Waals surface area contributed by atoms with Gasteiger partial charge in [0.25, 0.3) is 0 Å². The molecule has 1 aliphatic heterocycles. The van der Waals surface area contributed by atoms with Crippen molar-refractivity contribution >= 4 is 10.0 Å². The normalized spacial score (nSPS) is 17.0. The van der Waals surface area contributed by atoms with E-state index in [0.717, 1.165) is 5.82 Å². The van der Waals surface area contributed by atoms with Crippen LogP contribution in [0.25, 0.3) is 0 Å². The van der Waals surface area contributed by atoms with Crippen molar-refractivity contribution in [2.75, 3.05) is 12.3 Å². The van der Waals surface area contributed by atoms with Crippen molar-refractivity contribution in [2.45, 2.75) is 13.1 Å². The van der Waals surface area contributed by atoms with E-state index in [1.54, 1.807) is 12.3 Å². The molecule has 1 aromatic rings. The second-order valence-electron chi connectivity index (χ2n) is 3.28. The van der Waals surface area contributed by atoms with Crippen LogP contribution in [0.1, 0.15) is 5.82 Å². The van der Waals surface area contributed by atoms with Crippen LogP contribution in [0, 0.1) is 11.3 Å². The summed E-state index contributed by atoms with van der Waals surface area (Å²) in [7, 11) is -3.44. The van der Waals surface area contributed by atoms with Gasteiger partial charge >= 0.3 is 0 Å².